The highest BCUT2D eigenvalue weighted by atomic mass is 32.2. The summed E-state index contributed by atoms with van der Waals surface area (Å²) in [7, 11) is -3.41. The van der Waals surface area contributed by atoms with Crippen LogP contribution in [0.1, 0.15) is 0 Å². The molecule has 0 aliphatic heterocycles. The second kappa shape index (κ2) is 5.27. The van der Waals surface area contributed by atoms with Gasteiger partial charge in [0.2, 0.25) is 0 Å². The molecule has 0 fully saturated rings. The van der Waals surface area contributed by atoms with Gasteiger partial charge in [-0.3, -0.25) is 4.79 Å². The lowest BCUT2D eigenvalue weighted by Crippen LogP contribution is -2.15. The van der Waals surface area contributed by atoms with Gasteiger partial charge in [-0.05, 0) is 24.3 Å². The fourth-order valence-corrected chi connectivity index (χ4v) is 2.98. The van der Waals surface area contributed by atoms with Crippen molar-refractivity contribution in [2.24, 2.45) is 0 Å². The molecule has 7 heteroatoms. The van der Waals surface area contributed by atoms with Crippen molar-refractivity contribution in [2.75, 3.05) is 11.6 Å². The molecule has 3 rings (SSSR count). The lowest BCUT2D eigenvalue weighted by Gasteiger charge is -2.10. The number of fused-ring (bicyclic) bond motifs is 1. The first-order chi connectivity index (χ1) is 10.4. The van der Waals surface area contributed by atoms with E-state index in [1.807, 2.05) is 6.07 Å². The first-order valence-electron chi connectivity index (χ1n) is 6.50. The van der Waals surface area contributed by atoms with Gasteiger partial charge >= 0.3 is 0 Å². The van der Waals surface area contributed by atoms with E-state index in [9.17, 15) is 13.2 Å². The predicted molar refractivity (Wildman–Crippen MR) is 85.2 cm³/mol. The van der Waals surface area contributed by atoms with Crippen LogP contribution in [0, 0.1) is 0 Å². The van der Waals surface area contributed by atoms with E-state index >= 15 is 0 Å². The van der Waals surface area contributed by atoms with Gasteiger partial charge in [-0.1, -0.05) is 24.3 Å². The summed E-state index contributed by atoms with van der Waals surface area (Å²) >= 11 is 0. The molecule has 0 bridgehead atoms. The van der Waals surface area contributed by atoms with Gasteiger partial charge in [0.25, 0.3) is 5.56 Å². The van der Waals surface area contributed by atoms with Crippen molar-refractivity contribution in [3.8, 4) is 0 Å². The number of rotatable bonds is 3. The molecular weight excluding hydrogens is 302 g/mol. The molecule has 1 heterocycles. The molecule has 3 aromatic rings. The number of nitrogens with one attached hydrogen (secondary N) is 2. The van der Waals surface area contributed by atoms with Crippen LogP contribution in [0.2, 0.25) is 0 Å². The Morgan fingerprint density at radius 3 is 2.50 bits per heavy atom. The summed E-state index contributed by atoms with van der Waals surface area (Å²) in [6.07, 6.45) is 1.12. The number of hydrogen-bond acceptors (Lipinski definition) is 5. The maximum atomic E-state index is 12.1. The van der Waals surface area contributed by atoms with Crippen molar-refractivity contribution in [2.45, 2.75) is 4.90 Å². The van der Waals surface area contributed by atoms with Crippen LogP contribution in [-0.4, -0.2) is 24.6 Å². The van der Waals surface area contributed by atoms with Gasteiger partial charge in [-0.15, -0.1) is 0 Å². The Labute approximate surface area is 126 Å². The number of aromatic amines is 1. The van der Waals surface area contributed by atoms with Crippen molar-refractivity contribution in [1.29, 1.82) is 0 Å². The van der Waals surface area contributed by atoms with Crippen LogP contribution in [-0.2, 0) is 9.84 Å². The monoisotopic (exact) mass is 315 g/mol. The van der Waals surface area contributed by atoms with Gasteiger partial charge in [-0.2, -0.15) is 0 Å². The van der Waals surface area contributed by atoms with Gasteiger partial charge in [0.1, 0.15) is 0 Å². The molecule has 0 radical (unpaired) electrons. The van der Waals surface area contributed by atoms with E-state index in [0.29, 0.717) is 16.7 Å². The van der Waals surface area contributed by atoms with Crippen LogP contribution < -0.4 is 10.9 Å². The van der Waals surface area contributed by atoms with Crippen molar-refractivity contribution >= 4 is 32.4 Å². The highest BCUT2D eigenvalue weighted by molar-refractivity contribution is 7.90. The number of sulfone groups is 1. The Kier molecular flexibility index (Phi) is 3.42. The zero-order valence-electron chi connectivity index (χ0n) is 11.7. The predicted octanol–water partition coefficient (Wildman–Crippen LogP) is 2.07. The molecule has 0 saturated heterocycles. The van der Waals surface area contributed by atoms with Gasteiger partial charge in [0.05, 0.1) is 21.6 Å². The number of hydrogen-bond donors (Lipinski definition) is 2. The van der Waals surface area contributed by atoms with Crippen LogP contribution in [0.4, 0.5) is 11.5 Å². The van der Waals surface area contributed by atoms with E-state index in [2.05, 4.69) is 15.3 Å². The number of para-hydroxylation sites is 3. The maximum absolute atomic E-state index is 12.1. The van der Waals surface area contributed by atoms with Crippen LogP contribution in [0.25, 0.3) is 11.0 Å². The lowest BCUT2D eigenvalue weighted by molar-refractivity contribution is 0.602. The molecule has 0 aliphatic rings. The number of nitrogens with zero attached hydrogens (tertiary/aromatic N) is 1. The molecule has 0 amide bonds. The Morgan fingerprint density at radius 1 is 1.05 bits per heavy atom. The van der Waals surface area contributed by atoms with Crippen molar-refractivity contribution in [3.63, 3.8) is 0 Å². The van der Waals surface area contributed by atoms with Gasteiger partial charge in [-0.25, -0.2) is 13.4 Å². The summed E-state index contributed by atoms with van der Waals surface area (Å²) < 4.78 is 23.6. The van der Waals surface area contributed by atoms with E-state index in [1.54, 1.807) is 36.4 Å². The minimum Gasteiger partial charge on any atom is -0.335 e. The molecule has 0 saturated carbocycles. The number of benzene rings is 2. The summed E-state index contributed by atoms with van der Waals surface area (Å²) in [5.41, 5.74) is 1.14. The highest BCUT2D eigenvalue weighted by Gasteiger charge is 2.14. The molecule has 112 valence electrons. The minimum atomic E-state index is -3.41. The second-order valence-electron chi connectivity index (χ2n) is 4.83. The fourth-order valence-electron chi connectivity index (χ4n) is 2.14. The maximum Gasteiger partial charge on any atom is 0.291 e. The Hall–Kier alpha value is -2.67. The average molecular weight is 315 g/mol. The molecule has 22 heavy (non-hydrogen) atoms. The molecule has 0 unspecified atom stereocenters. The lowest BCUT2D eigenvalue weighted by atomic mass is 10.3. The molecule has 6 nitrogen and oxygen atoms in total. The largest absolute Gasteiger partial charge is 0.335 e. The molecular formula is C15H13N3O3S. The molecule has 0 atom stereocenters. The molecule has 0 spiro atoms. The molecule has 1 aromatic heterocycles. The third kappa shape index (κ3) is 2.71. The second-order valence-corrected chi connectivity index (χ2v) is 6.81. The summed E-state index contributed by atoms with van der Waals surface area (Å²) in [5, 5.41) is 2.81. The van der Waals surface area contributed by atoms with Crippen molar-refractivity contribution in [1.82, 2.24) is 9.97 Å². The van der Waals surface area contributed by atoms with E-state index in [1.165, 1.54) is 6.07 Å². The first-order valence-corrected chi connectivity index (χ1v) is 8.39. The standard InChI is InChI=1S/C15H13N3O3S/c1-22(20,21)13-9-5-4-8-12(13)17-14-15(19)18-11-7-3-2-6-10(11)16-14/h2-9H,1H3,(H,16,17)(H,18,19). The van der Waals surface area contributed by atoms with E-state index in [0.717, 1.165) is 6.26 Å². The van der Waals surface area contributed by atoms with E-state index in [4.69, 9.17) is 0 Å². The molecule has 2 N–H and O–H groups in total. The van der Waals surface area contributed by atoms with Crippen LogP contribution in [0.5, 0.6) is 0 Å². The summed E-state index contributed by atoms with van der Waals surface area (Å²) in [4.78, 5) is 19.1. The number of H-pyrrole nitrogens is 1. The fraction of sp³-hybridized carbons (Fsp3) is 0.0667. The highest BCUT2D eigenvalue weighted by Crippen LogP contribution is 2.23. The van der Waals surface area contributed by atoms with Crippen LogP contribution >= 0.6 is 0 Å². The zero-order valence-corrected chi connectivity index (χ0v) is 12.5. The molecule has 0 aliphatic carbocycles. The summed E-state index contributed by atoms with van der Waals surface area (Å²) in [6, 6.07) is 13.5. The quantitative estimate of drug-likeness (QED) is 0.772. The number of aromatic nitrogens is 2. The van der Waals surface area contributed by atoms with Crippen LogP contribution in [0.3, 0.4) is 0 Å². The SMILES string of the molecule is CS(=O)(=O)c1ccccc1Nc1nc2ccccc2[nH]c1=O. The smallest absolute Gasteiger partial charge is 0.291 e. The van der Waals surface area contributed by atoms with E-state index in [-0.39, 0.29) is 10.7 Å². The minimum absolute atomic E-state index is 0.0507. The normalized spacial score (nSPS) is 11.5. The van der Waals surface area contributed by atoms with Gasteiger partial charge in [0, 0.05) is 6.26 Å². The summed E-state index contributed by atoms with van der Waals surface area (Å²) in [5.74, 6) is 0.0507. The van der Waals surface area contributed by atoms with Crippen LogP contribution in [0.15, 0.2) is 58.2 Å². The van der Waals surface area contributed by atoms with Gasteiger partial charge < -0.3 is 10.3 Å². The Bertz CT molecular complexity index is 1010. The first kappa shape index (κ1) is 14.3. The third-order valence-corrected chi connectivity index (χ3v) is 4.29. The Balaban J connectivity index is 2.12. The summed E-state index contributed by atoms with van der Waals surface area (Å²) in [6.45, 7) is 0. The van der Waals surface area contributed by atoms with E-state index < -0.39 is 15.4 Å². The van der Waals surface area contributed by atoms with Crippen molar-refractivity contribution in [3.05, 3.63) is 58.9 Å². The number of anilines is 2. The van der Waals surface area contributed by atoms with Gasteiger partial charge in [0.15, 0.2) is 15.7 Å². The Morgan fingerprint density at radius 2 is 1.73 bits per heavy atom. The third-order valence-electron chi connectivity index (χ3n) is 3.14. The molecule has 2 aromatic carbocycles. The van der Waals surface area contributed by atoms with Crippen molar-refractivity contribution < 1.29 is 8.42 Å². The zero-order chi connectivity index (χ0) is 15.7. The average Bonchev–Trinajstić information content (AvgIpc) is 2.47. The topological polar surface area (TPSA) is 91.9 Å².